The molecule has 0 bridgehead atoms. The fourth-order valence-electron chi connectivity index (χ4n) is 4.40. The molecule has 8 heteroatoms. The van der Waals surface area contributed by atoms with E-state index >= 15 is 0 Å². The van der Waals surface area contributed by atoms with Gasteiger partial charge in [-0.1, -0.05) is 93.6 Å². The van der Waals surface area contributed by atoms with Gasteiger partial charge in [0.25, 0.3) is 0 Å². The number of hydrogen-bond donors (Lipinski definition) is 1. The molecule has 2 heterocycles. The van der Waals surface area contributed by atoms with Gasteiger partial charge in [0.15, 0.2) is 4.30 Å². The maximum absolute atomic E-state index is 11.5. The van der Waals surface area contributed by atoms with Gasteiger partial charge >= 0.3 is 11.9 Å². The summed E-state index contributed by atoms with van der Waals surface area (Å²) in [5.74, 6) is -0.346. The Morgan fingerprint density at radius 3 is 1.55 bits per heavy atom. The number of cyclic esters (lactones) is 2. The Labute approximate surface area is 259 Å². The molecule has 0 atom stereocenters. The Morgan fingerprint density at radius 1 is 0.825 bits per heavy atom. The molecular weight excluding hydrogens is 571 g/mol. The highest BCUT2D eigenvalue weighted by molar-refractivity contribution is 6.63. The predicted molar refractivity (Wildman–Crippen MR) is 170 cm³/mol. The molecule has 0 radical (unpaired) electrons. The van der Waals surface area contributed by atoms with Crippen LogP contribution < -0.4 is 0 Å². The van der Waals surface area contributed by atoms with E-state index < -0.39 is 4.30 Å². The maximum Gasteiger partial charge on any atom is 0.339 e. The first-order valence-corrected chi connectivity index (χ1v) is 14.1. The summed E-state index contributed by atoms with van der Waals surface area (Å²) >= 11 is 14.4. The van der Waals surface area contributed by atoms with Crippen molar-refractivity contribution < 1.29 is 26.9 Å². The Bertz CT molecular complexity index is 983. The van der Waals surface area contributed by atoms with Gasteiger partial charge in [-0.05, 0) is 68.2 Å². The largest absolute Gasteiger partial charge is 0.457 e. The number of aryl methyl sites for hydroxylation is 4. The van der Waals surface area contributed by atoms with Crippen LogP contribution >= 0.6 is 34.8 Å². The number of aliphatic hydroxyl groups excluding tert-OH is 1. The van der Waals surface area contributed by atoms with Crippen LogP contribution in [0.3, 0.4) is 0 Å². The zero-order valence-electron chi connectivity index (χ0n) is 26.6. The van der Waals surface area contributed by atoms with Crippen molar-refractivity contribution in [1.82, 2.24) is 0 Å². The number of alkyl halides is 3. The summed E-state index contributed by atoms with van der Waals surface area (Å²) in [5.41, 5.74) is 8.24. The van der Waals surface area contributed by atoms with Crippen LogP contribution in [0.4, 0.5) is 0 Å². The van der Waals surface area contributed by atoms with Crippen molar-refractivity contribution in [1.29, 1.82) is 0 Å². The van der Waals surface area contributed by atoms with Gasteiger partial charge in [0.2, 0.25) is 0 Å². The molecule has 0 aliphatic carbocycles. The second kappa shape index (κ2) is 21.7. The zero-order valence-corrected chi connectivity index (χ0v) is 26.9. The molecule has 2 aliphatic heterocycles. The van der Waals surface area contributed by atoms with Crippen molar-refractivity contribution in [2.24, 2.45) is 0 Å². The van der Waals surface area contributed by atoms with E-state index in [9.17, 15) is 9.59 Å². The summed E-state index contributed by atoms with van der Waals surface area (Å²) in [4.78, 5) is 23.1. The lowest BCUT2D eigenvalue weighted by atomic mass is 9.95. The molecule has 0 aromatic heterocycles. The summed E-state index contributed by atoms with van der Waals surface area (Å²) in [7, 11) is 2.50. The van der Waals surface area contributed by atoms with Gasteiger partial charge in [-0.2, -0.15) is 0 Å². The standard InChI is InChI=1S/C14H18O2.C13H16O3.C2H4.CHCl3.2CH4/c1-3-4-5-6-11-8-7-10(2)13-12(11)9-16-14(13)15;1-9-5-6-10(4-2-3-7-14)11-8-16-13(15)12(9)11;1-2;2-1(3)4;;/h7-8H,3-6,9H2,1-2H3;5-6,14H,2-4,7-8H2,1H3;1-2H2;1H;2*1H4/i;;;;2*1T. The fraction of sp³-hybridized carbons (Fsp3) is 0.500. The summed E-state index contributed by atoms with van der Waals surface area (Å²) in [6, 6.07) is 8.21. The predicted octanol–water partition coefficient (Wildman–Crippen LogP) is 9.44. The van der Waals surface area contributed by atoms with Crippen molar-refractivity contribution in [3.05, 3.63) is 81.9 Å². The number of benzene rings is 2. The number of esters is 2. The van der Waals surface area contributed by atoms with Gasteiger partial charge in [-0.25, -0.2) is 9.59 Å². The molecule has 0 fully saturated rings. The number of hydrogen-bond acceptors (Lipinski definition) is 5. The number of unbranched alkanes of at least 4 members (excludes halogenated alkanes) is 3. The van der Waals surface area contributed by atoms with Crippen molar-refractivity contribution in [2.75, 3.05) is 6.61 Å². The minimum absolute atomic E-state index is 0.148. The molecule has 226 valence electrons. The molecule has 0 amide bonds. The van der Waals surface area contributed by atoms with E-state index in [2.05, 4.69) is 32.2 Å². The highest BCUT2D eigenvalue weighted by Gasteiger charge is 2.26. The average Bonchev–Trinajstić information content (AvgIpc) is 3.59. The second-order valence-electron chi connectivity index (χ2n) is 8.83. The number of carbonyl (C=O) groups excluding carboxylic acids is 2. The highest BCUT2D eigenvalue weighted by atomic mass is 35.6. The lowest BCUT2D eigenvalue weighted by Crippen LogP contribution is -2.00. The van der Waals surface area contributed by atoms with Crippen LogP contribution in [0.5, 0.6) is 0 Å². The normalized spacial score (nSPS) is 12.3. The van der Waals surface area contributed by atoms with E-state index in [1.54, 1.807) is 0 Å². The van der Waals surface area contributed by atoms with Crippen molar-refractivity contribution in [2.45, 2.75) is 98.0 Å². The van der Waals surface area contributed by atoms with Gasteiger partial charge in [0.05, 0.1) is 11.1 Å². The van der Waals surface area contributed by atoms with Crippen LogP contribution in [-0.2, 0) is 35.5 Å². The number of rotatable bonds is 8. The maximum atomic E-state index is 11.5. The minimum atomic E-state index is -0.750. The van der Waals surface area contributed by atoms with E-state index in [0.29, 0.717) is 13.2 Å². The lowest BCUT2D eigenvalue weighted by molar-refractivity contribution is 0.0525. The number of carbonyl (C=O) groups is 2. The third-order valence-electron chi connectivity index (χ3n) is 6.24. The zero-order chi connectivity index (χ0) is 32.7. The van der Waals surface area contributed by atoms with Gasteiger partial charge in [0.1, 0.15) is 13.2 Å². The summed E-state index contributed by atoms with van der Waals surface area (Å²) in [5, 5.41) is 8.75. The number of fused-ring (bicyclic) bond motifs is 2. The lowest BCUT2D eigenvalue weighted by Gasteiger charge is -2.07. The van der Waals surface area contributed by atoms with Crippen LogP contribution in [-0.4, -0.2) is 27.9 Å². The van der Waals surface area contributed by atoms with Crippen molar-refractivity contribution >= 4 is 46.7 Å². The highest BCUT2D eigenvalue weighted by Crippen LogP contribution is 2.28. The monoisotopic (exact) mass is 620 g/mol. The van der Waals surface area contributed by atoms with Gasteiger partial charge in [-0.15, -0.1) is 13.2 Å². The van der Waals surface area contributed by atoms with Crippen molar-refractivity contribution in [3.8, 4) is 0 Å². The number of aliphatic hydroxyl groups is 1. The molecule has 2 aromatic rings. The van der Waals surface area contributed by atoms with E-state index in [0.717, 1.165) is 59.1 Å². The topological polar surface area (TPSA) is 72.8 Å². The van der Waals surface area contributed by atoms with E-state index in [-0.39, 0.29) is 18.5 Å². The molecular formula is C32H47Cl3O5. The number of halogens is 3. The third-order valence-corrected chi connectivity index (χ3v) is 6.24. The smallest absolute Gasteiger partial charge is 0.339 e. The van der Waals surface area contributed by atoms with Crippen LogP contribution in [0.15, 0.2) is 37.4 Å². The summed E-state index contributed by atoms with van der Waals surface area (Å²) in [6.07, 6.45) is 7.38. The molecule has 0 saturated carbocycles. The molecule has 4 rings (SSSR count). The third kappa shape index (κ3) is 12.2. The van der Waals surface area contributed by atoms with Gasteiger partial charge < -0.3 is 14.6 Å². The molecule has 5 nitrogen and oxygen atoms in total. The summed E-state index contributed by atoms with van der Waals surface area (Å²) in [6.45, 7) is 13.2. The quantitative estimate of drug-likeness (QED) is 0.138. The summed E-state index contributed by atoms with van der Waals surface area (Å²) < 4.78 is 20.9. The van der Waals surface area contributed by atoms with Crippen LogP contribution in [0.2, 0.25) is 0 Å². The molecule has 0 unspecified atom stereocenters. The first-order valence-electron chi connectivity index (χ1n) is 14.8. The SMILES string of the molecule is C=C.CCCCCc1ccc(C)c2c1COC2=O.Cc1ccc(CCCCO)c2c1C(=O)OC2.ClC(Cl)Cl.[3H]C.[3H]C. The molecule has 40 heavy (non-hydrogen) atoms. The molecule has 0 saturated heterocycles. The molecule has 2 aliphatic rings. The minimum Gasteiger partial charge on any atom is -0.457 e. The first-order chi connectivity index (χ1) is 20.2. The van der Waals surface area contributed by atoms with Gasteiger partial charge in [-0.3, -0.25) is 0 Å². The first kappa shape index (κ1) is 36.0. The Kier molecular flexibility index (Phi) is 19.5. The van der Waals surface area contributed by atoms with E-state index in [4.69, 9.17) is 52.1 Å². The van der Waals surface area contributed by atoms with Crippen LogP contribution in [0, 0.1) is 13.8 Å². The second-order valence-corrected chi connectivity index (χ2v) is 10.8. The van der Waals surface area contributed by atoms with Gasteiger partial charge in [0, 0.05) is 20.5 Å². The Balaban J connectivity index is 0. The van der Waals surface area contributed by atoms with Crippen LogP contribution in [0.1, 0.15) is 111 Å². The van der Waals surface area contributed by atoms with E-state index in [1.165, 1.54) is 45.2 Å². The number of ether oxygens (including phenoxy) is 2. The Hall–Kier alpha value is -2.05. The molecule has 0 spiro atoms. The molecule has 2 aromatic carbocycles. The Morgan fingerprint density at radius 2 is 1.20 bits per heavy atom. The van der Waals surface area contributed by atoms with E-state index in [1.807, 2.05) is 26.0 Å². The fourth-order valence-corrected chi connectivity index (χ4v) is 4.40. The molecule has 1 N–H and O–H groups in total. The van der Waals surface area contributed by atoms with Crippen molar-refractivity contribution in [3.63, 3.8) is 0 Å². The van der Waals surface area contributed by atoms with Crippen LogP contribution in [0.25, 0.3) is 0 Å². The average molecular weight is 622 g/mol.